The molecule has 104 valence electrons. The molecule has 1 N–H and O–H groups in total. The fourth-order valence-electron chi connectivity index (χ4n) is 1.84. The highest BCUT2D eigenvalue weighted by Crippen LogP contribution is 2.28. The van der Waals surface area contributed by atoms with Gasteiger partial charge in [-0.15, -0.1) is 11.8 Å². The Balaban J connectivity index is 2.02. The lowest BCUT2D eigenvalue weighted by atomic mass is 10.2. The number of nitrogens with one attached hydrogen (secondary N) is 1. The third kappa shape index (κ3) is 3.87. The summed E-state index contributed by atoms with van der Waals surface area (Å²) in [6, 6.07) is 15.9. The number of aryl methyl sites for hydroxylation is 2. The lowest BCUT2D eigenvalue weighted by Gasteiger charge is -2.14. The quantitative estimate of drug-likeness (QED) is 0.842. The Kier molecular flexibility index (Phi) is 4.85. The van der Waals surface area contributed by atoms with E-state index in [9.17, 15) is 4.79 Å². The molecular formula is C17H19NOS. The van der Waals surface area contributed by atoms with Crippen LogP contribution in [0.3, 0.4) is 0 Å². The SMILES string of the molecule is Cc1ccc(C)c(S[C@@H](C)C(=O)Nc2ccccc2)c1. The van der Waals surface area contributed by atoms with Crippen molar-refractivity contribution in [1.82, 2.24) is 0 Å². The molecule has 2 rings (SSSR count). The van der Waals surface area contributed by atoms with E-state index in [2.05, 4.69) is 37.4 Å². The van der Waals surface area contributed by atoms with Crippen molar-refractivity contribution in [2.24, 2.45) is 0 Å². The van der Waals surface area contributed by atoms with E-state index in [1.807, 2.05) is 37.3 Å². The highest BCUT2D eigenvalue weighted by atomic mass is 32.2. The van der Waals surface area contributed by atoms with Crippen molar-refractivity contribution in [3.63, 3.8) is 0 Å². The van der Waals surface area contributed by atoms with Gasteiger partial charge in [-0.3, -0.25) is 4.79 Å². The van der Waals surface area contributed by atoms with E-state index in [0.717, 1.165) is 5.69 Å². The molecule has 1 atom stereocenters. The molecule has 0 heterocycles. The Hall–Kier alpha value is -1.74. The highest BCUT2D eigenvalue weighted by Gasteiger charge is 2.15. The van der Waals surface area contributed by atoms with Gasteiger partial charge in [0.2, 0.25) is 5.91 Å². The number of hydrogen-bond acceptors (Lipinski definition) is 2. The molecule has 20 heavy (non-hydrogen) atoms. The molecule has 0 aliphatic rings. The fourth-order valence-corrected chi connectivity index (χ4v) is 2.90. The minimum absolute atomic E-state index is 0.0297. The molecule has 2 nitrogen and oxygen atoms in total. The van der Waals surface area contributed by atoms with Crippen LogP contribution in [0.15, 0.2) is 53.4 Å². The van der Waals surface area contributed by atoms with Gasteiger partial charge in [-0.2, -0.15) is 0 Å². The van der Waals surface area contributed by atoms with Crippen molar-refractivity contribution in [1.29, 1.82) is 0 Å². The predicted molar refractivity (Wildman–Crippen MR) is 86.3 cm³/mol. The summed E-state index contributed by atoms with van der Waals surface area (Å²) in [4.78, 5) is 13.3. The van der Waals surface area contributed by atoms with E-state index in [1.165, 1.54) is 16.0 Å². The standard InChI is InChI=1S/C17H19NOS/c1-12-9-10-13(2)16(11-12)20-14(3)17(19)18-15-7-5-4-6-8-15/h4-11,14H,1-3H3,(H,18,19)/t14-/m0/s1. The molecule has 0 unspecified atom stereocenters. The minimum Gasteiger partial charge on any atom is -0.325 e. The van der Waals surface area contributed by atoms with Gasteiger partial charge < -0.3 is 5.32 Å². The Bertz CT molecular complexity index is 595. The monoisotopic (exact) mass is 285 g/mol. The molecule has 0 bridgehead atoms. The van der Waals surface area contributed by atoms with E-state index in [4.69, 9.17) is 0 Å². The number of anilines is 1. The smallest absolute Gasteiger partial charge is 0.237 e. The lowest BCUT2D eigenvalue weighted by Crippen LogP contribution is -2.22. The van der Waals surface area contributed by atoms with Crippen LogP contribution in [0.4, 0.5) is 5.69 Å². The van der Waals surface area contributed by atoms with E-state index >= 15 is 0 Å². The zero-order valence-corrected chi connectivity index (χ0v) is 12.8. The number of benzene rings is 2. The number of carbonyl (C=O) groups is 1. The number of thioether (sulfide) groups is 1. The van der Waals surface area contributed by atoms with Crippen molar-refractivity contribution in [2.45, 2.75) is 30.9 Å². The predicted octanol–water partition coefficient (Wildman–Crippen LogP) is 4.42. The van der Waals surface area contributed by atoms with E-state index < -0.39 is 0 Å². The van der Waals surface area contributed by atoms with Gasteiger partial charge in [0.05, 0.1) is 5.25 Å². The van der Waals surface area contributed by atoms with Crippen molar-refractivity contribution < 1.29 is 4.79 Å². The van der Waals surface area contributed by atoms with Gasteiger partial charge in [-0.1, -0.05) is 35.9 Å². The first-order valence-corrected chi connectivity index (χ1v) is 7.54. The Morgan fingerprint density at radius 2 is 1.80 bits per heavy atom. The number of carbonyl (C=O) groups excluding carboxylic acids is 1. The third-order valence-corrected chi connectivity index (χ3v) is 4.32. The number of para-hydroxylation sites is 1. The van der Waals surface area contributed by atoms with Crippen LogP contribution >= 0.6 is 11.8 Å². The van der Waals surface area contributed by atoms with Crippen molar-refractivity contribution in [3.8, 4) is 0 Å². The molecule has 2 aromatic rings. The topological polar surface area (TPSA) is 29.1 Å². The summed E-state index contributed by atoms with van der Waals surface area (Å²) in [5.74, 6) is 0.0297. The summed E-state index contributed by atoms with van der Waals surface area (Å²) >= 11 is 1.60. The van der Waals surface area contributed by atoms with Crippen molar-refractivity contribution in [2.75, 3.05) is 5.32 Å². The molecule has 0 aliphatic carbocycles. The fraction of sp³-hybridized carbons (Fsp3) is 0.235. The number of rotatable bonds is 4. The summed E-state index contributed by atoms with van der Waals surface area (Å²) in [7, 11) is 0. The molecule has 3 heteroatoms. The van der Waals surface area contributed by atoms with Crippen LogP contribution in [0.1, 0.15) is 18.1 Å². The summed E-state index contributed by atoms with van der Waals surface area (Å²) in [5, 5.41) is 2.81. The van der Waals surface area contributed by atoms with Gasteiger partial charge >= 0.3 is 0 Å². The molecule has 1 amide bonds. The van der Waals surface area contributed by atoms with E-state index in [-0.39, 0.29) is 11.2 Å². The van der Waals surface area contributed by atoms with Crippen LogP contribution in [-0.4, -0.2) is 11.2 Å². The van der Waals surface area contributed by atoms with Gasteiger partial charge in [0.25, 0.3) is 0 Å². The van der Waals surface area contributed by atoms with Gasteiger partial charge in [0.1, 0.15) is 0 Å². The van der Waals surface area contributed by atoms with Gasteiger partial charge in [-0.05, 0) is 44.5 Å². The maximum atomic E-state index is 12.2. The zero-order chi connectivity index (χ0) is 14.5. The molecule has 0 spiro atoms. The average Bonchev–Trinajstić information content (AvgIpc) is 2.44. The zero-order valence-electron chi connectivity index (χ0n) is 12.0. The van der Waals surface area contributed by atoms with Crippen LogP contribution in [0, 0.1) is 13.8 Å². The maximum Gasteiger partial charge on any atom is 0.237 e. The summed E-state index contributed by atoms with van der Waals surface area (Å²) in [6.45, 7) is 6.08. The summed E-state index contributed by atoms with van der Waals surface area (Å²) in [5.41, 5.74) is 3.26. The third-order valence-electron chi connectivity index (χ3n) is 3.06. The summed E-state index contributed by atoms with van der Waals surface area (Å²) in [6.07, 6.45) is 0. The molecule has 0 aromatic heterocycles. The van der Waals surface area contributed by atoms with Crippen LogP contribution in [0.25, 0.3) is 0 Å². The molecule has 2 aromatic carbocycles. The molecule has 0 aliphatic heterocycles. The van der Waals surface area contributed by atoms with Crippen LogP contribution in [-0.2, 0) is 4.79 Å². The largest absolute Gasteiger partial charge is 0.325 e. The molecule has 0 saturated heterocycles. The average molecular weight is 285 g/mol. The van der Waals surface area contributed by atoms with Gasteiger partial charge in [0, 0.05) is 10.6 Å². The van der Waals surface area contributed by atoms with Crippen LogP contribution < -0.4 is 5.32 Å². The first kappa shape index (κ1) is 14.7. The minimum atomic E-state index is -0.129. The Labute approximate surface area is 124 Å². The first-order chi connectivity index (χ1) is 9.56. The Morgan fingerprint density at radius 1 is 1.10 bits per heavy atom. The Morgan fingerprint density at radius 3 is 2.50 bits per heavy atom. The van der Waals surface area contributed by atoms with E-state index in [0.29, 0.717) is 0 Å². The van der Waals surface area contributed by atoms with E-state index in [1.54, 1.807) is 11.8 Å². The molecule has 0 radical (unpaired) electrons. The second kappa shape index (κ2) is 6.62. The number of hydrogen-bond donors (Lipinski definition) is 1. The second-order valence-electron chi connectivity index (χ2n) is 4.88. The summed E-state index contributed by atoms with van der Waals surface area (Å²) < 4.78 is 0. The van der Waals surface area contributed by atoms with Gasteiger partial charge in [-0.25, -0.2) is 0 Å². The molecule has 0 fully saturated rings. The normalized spacial score (nSPS) is 11.9. The first-order valence-electron chi connectivity index (χ1n) is 6.66. The molecular weight excluding hydrogens is 266 g/mol. The maximum absolute atomic E-state index is 12.2. The number of amides is 1. The molecule has 0 saturated carbocycles. The van der Waals surface area contributed by atoms with Crippen LogP contribution in [0.2, 0.25) is 0 Å². The van der Waals surface area contributed by atoms with Crippen LogP contribution in [0.5, 0.6) is 0 Å². The van der Waals surface area contributed by atoms with Crippen molar-refractivity contribution >= 4 is 23.4 Å². The lowest BCUT2D eigenvalue weighted by molar-refractivity contribution is -0.115. The van der Waals surface area contributed by atoms with Gasteiger partial charge in [0.15, 0.2) is 0 Å². The van der Waals surface area contributed by atoms with Crippen molar-refractivity contribution in [3.05, 3.63) is 59.7 Å². The second-order valence-corrected chi connectivity index (χ2v) is 6.27. The highest BCUT2D eigenvalue weighted by molar-refractivity contribution is 8.00.